The number of benzene rings is 1. The molecule has 132 valence electrons. The predicted molar refractivity (Wildman–Crippen MR) is 99.9 cm³/mol. The van der Waals surface area contributed by atoms with Crippen LogP contribution in [0, 0.1) is 5.92 Å². The van der Waals surface area contributed by atoms with Crippen molar-refractivity contribution in [2.75, 3.05) is 11.9 Å². The van der Waals surface area contributed by atoms with E-state index in [0.717, 1.165) is 43.5 Å². The van der Waals surface area contributed by atoms with Gasteiger partial charge in [0, 0.05) is 18.2 Å². The van der Waals surface area contributed by atoms with Crippen LogP contribution < -0.4 is 16.4 Å². The van der Waals surface area contributed by atoms with Crippen molar-refractivity contribution in [2.24, 2.45) is 16.6 Å². The molecule has 0 saturated heterocycles. The summed E-state index contributed by atoms with van der Waals surface area (Å²) >= 11 is 0. The number of aliphatic imine (C=N–C) groups is 1. The molecule has 24 heavy (non-hydrogen) atoms. The highest BCUT2D eigenvalue weighted by Crippen LogP contribution is 2.27. The molecule has 0 bridgehead atoms. The zero-order chi connectivity index (χ0) is 17.2. The van der Waals surface area contributed by atoms with Gasteiger partial charge in [0.2, 0.25) is 5.91 Å². The van der Waals surface area contributed by atoms with E-state index in [4.69, 9.17) is 5.73 Å². The lowest BCUT2D eigenvalue weighted by atomic mass is 9.85. The van der Waals surface area contributed by atoms with Crippen LogP contribution in [-0.4, -0.2) is 18.4 Å². The number of carbonyl (C=O) groups excluding carboxylic acids is 1. The van der Waals surface area contributed by atoms with Crippen molar-refractivity contribution >= 4 is 17.6 Å². The van der Waals surface area contributed by atoms with E-state index in [1.807, 2.05) is 24.3 Å². The maximum atomic E-state index is 12.0. The Morgan fingerprint density at radius 2 is 2.12 bits per heavy atom. The topological polar surface area (TPSA) is 79.5 Å². The van der Waals surface area contributed by atoms with Crippen molar-refractivity contribution in [1.82, 2.24) is 5.32 Å². The van der Waals surface area contributed by atoms with Gasteiger partial charge in [-0.05, 0) is 37.0 Å². The number of anilines is 1. The average Bonchev–Trinajstić information content (AvgIpc) is 2.51. The number of hydrogen-bond acceptors (Lipinski definition) is 2. The minimum Gasteiger partial charge on any atom is -0.370 e. The first-order valence-electron chi connectivity index (χ1n) is 9.12. The molecule has 1 aromatic rings. The molecular formula is C19H30N4O. The van der Waals surface area contributed by atoms with Crippen LogP contribution in [0.2, 0.25) is 0 Å². The van der Waals surface area contributed by atoms with E-state index in [1.54, 1.807) is 0 Å². The fraction of sp³-hybridized carbons (Fsp3) is 0.579. The number of amides is 1. The Hall–Kier alpha value is -2.04. The summed E-state index contributed by atoms with van der Waals surface area (Å²) < 4.78 is 0. The highest BCUT2D eigenvalue weighted by atomic mass is 16.1. The summed E-state index contributed by atoms with van der Waals surface area (Å²) in [5, 5.41) is 6.14. The zero-order valence-corrected chi connectivity index (χ0v) is 14.7. The van der Waals surface area contributed by atoms with Gasteiger partial charge in [-0.15, -0.1) is 0 Å². The van der Waals surface area contributed by atoms with Crippen LogP contribution in [0.25, 0.3) is 0 Å². The normalized spacial score (nSPS) is 15.0. The van der Waals surface area contributed by atoms with Crippen LogP contribution in [-0.2, 0) is 11.3 Å². The summed E-state index contributed by atoms with van der Waals surface area (Å²) in [6, 6.07) is 7.82. The third kappa shape index (κ3) is 6.22. The van der Waals surface area contributed by atoms with E-state index in [1.165, 1.54) is 19.3 Å². The van der Waals surface area contributed by atoms with Gasteiger partial charge in [0.25, 0.3) is 0 Å². The van der Waals surface area contributed by atoms with Gasteiger partial charge in [0.1, 0.15) is 0 Å². The van der Waals surface area contributed by atoms with Crippen molar-refractivity contribution < 1.29 is 4.79 Å². The minimum absolute atomic E-state index is 0.134. The molecule has 1 aliphatic carbocycles. The standard InChI is InChI=1S/C19H30N4O/c1-2-3-4-5-12-21-19(20)22-14-15-8-6-11-17(13-15)23-18(24)16-9-7-10-16/h6,8,11,13,16H,2-5,7,9-10,12,14H2,1H3,(H,23,24)(H3,20,21,22). The number of unbranched alkanes of at least 4 members (excludes halogenated alkanes) is 3. The second kappa shape index (κ2) is 9.96. The third-order valence-corrected chi connectivity index (χ3v) is 4.44. The van der Waals surface area contributed by atoms with Crippen LogP contribution in [0.5, 0.6) is 0 Å². The van der Waals surface area contributed by atoms with Crippen molar-refractivity contribution in [3.05, 3.63) is 29.8 Å². The molecule has 4 N–H and O–H groups in total. The molecule has 0 spiro atoms. The monoisotopic (exact) mass is 330 g/mol. The molecule has 0 atom stereocenters. The molecule has 1 fully saturated rings. The molecule has 5 heteroatoms. The Morgan fingerprint density at radius 1 is 1.29 bits per heavy atom. The fourth-order valence-corrected chi connectivity index (χ4v) is 2.66. The highest BCUT2D eigenvalue weighted by molar-refractivity contribution is 5.93. The lowest BCUT2D eigenvalue weighted by Crippen LogP contribution is -2.32. The van der Waals surface area contributed by atoms with Crippen LogP contribution in [0.15, 0.2) is 29.3 Å². The molecule has 0 radical (unpaired) electrons. The Balaban J connectivity index is 1.76. The lowest BCUT2D eigenvalue weighted by Gasteiger charge is -2.24. The van der Waals surface area contributed by atoms with E-state index in [2.05, 4.69) is 22.5 Å². The smallest absolute Gasteiger partial charge is 0.227 e. The largest absolute Gasteiger partial charge is 0.370 e. The first-order chi connectivity index (χ1) is 11.7. The van der Waals surface area contributed by atoms with Gasteiger partial charge < -0.3 is 16.4 Å². The first kappa shape index (κ1) is 18.3. The molecule has 1 aromatic carbocycles. The Kier molecular flexibility index (Phi) is 7.59. The molecule has 0 heterocycles. The van der Waals surface area contributed by atoms with Crippen molar-refractivity contribution in [3.63, 3.8) is 0 Å². The van der Waals surface area contributed by atoms with Gasteiger partial charge in [0.05, 0.1) is 6.54 Å². The quantitative estimate of drug-likeness (QED) is 0.369. The molecule has 0 unspecified atom stereocenters. The van der Waals surface area contributed by atoms with Crippen molar-refractivity contribution in [1.29, 1.82) is 0 Å². The number of carbonyl (C=O) groups is 1. The Bertz CT molecular complexity index is 552. The van der Waals surface area contributed by atoms with Crippen LogP contribution in [0.4, 0.5) is 5.69 Å². The van der Waals surface area contributed by atoms with Gasteiger partial charge in [-0.3, -0.25) is 4.79 Å². The molecule has 0 aromatic heterocycles. The molecule has 1 saturated carbocycles. The number of rotatable bonds is 9. The summed E-state index contributed by atoms with van der Waals surface area (Å²) in [7, 11) is 0. The first-order valence-corrected chi connectivity index (χ1v) is 9.12. The fourth-order valence-electron chi connectivity index (χ4n) is 2.66. The molecule has 0 aliphatic heterocycles. The van der Waals surface area contributed by atoms with E-state index < -0.39 is 0 Å². The second-order valence-electron chi connectivity index (χ2n) is 6.51. The molecule has 5 nitrogen and oxygen atoms in total. The van der Waals surface area contributed by atoms with E-state index in [9.17, 15) is 4.79 Å². The molecular weight excluding hydrogens is 300 g/mol. The number of guanidine groups is 1. The highest BCUT2D eigenvalue weighted by Gasteiger charge is 2.25. The molecule has 1 aliphatic rings. The number of hydrogen-bond donors (Lipinski definition) is 3. The van der Waals surface area contributed by atoms with Crippen LogP contribution in [0.1, 0.15) is 57.4 Å². The predicted octanol–water partition coefficient (Wildman–Crippen LogP) is 3.41. The maximum Gasteiger partial charge on any atom is 0.227 e. The van der Waals surface area contributed by atoms with Crippen LogP contribution in [0.3, 0.4) is 0 Å². The number of nitrogens with two attached hydrogens (primary N) is 1. The van der Waals surface area contributed by atoms with Gasteiger partial charge in [0.15, 0.2) is 5.96 Å². The van der Waals surface area contributed by atoms with E-state index in [0.29, 0.717) is 12.5 Å². The molecule has 2 rings (SSSR count). The maximum absolute atomic E-state index is 12.0. The van der Waals surface area contributed by atoms with E-state index in [-0.39, 0.29) is 11.8 Å². The summed E-state index contributed by atoms with van der Waals surface area (Å²) in [6.45, 7) is 3.58. The summed E-state index contributed by atoms with van der Waals surface area (Å²) in [5.74, 6) is 0.810. The molecule has 1 amide bonds. The SMILES string of the molecule is CCCCCCNC(N)=NCc1cccc(NC(=O)C2CCC2)c1. The average molecular weight is 330 g/mol. The number of nitrogens with one attached hydrogen (secondary N) is 2. The van der Waals surface area contributed by atoms with Gasteiger partial charge in [-0.25, -0.2) is 4.99 Å². The number of nitrogens with zero attached hydrogens (tertiary/aromatic N) is 1. The second-order valence-corrected chi connectivity index (χ2v) is 6.51. The van der Waals surface area contributed by atoms with Gasteiger partial charge >= 0.3 is 0 Å². The third-order valence-electron chi connectivity index (χ3n) is 4.44. The summed E-state index contributed by atoms with van der Waals surface area (Å²) in [5.41, 5.74) is 7.77. The zero-order valence-electron chi connectivity index (χ0n) is 14.7. The Labute approximate surface area is 145 Å². The van der Waals surface area contributed by atoms with Crippen molar-refractivity contribution in [2.45, 2.75) is 58.4 Å². The van der Waals surface area contributed by atoms with Gasteiger partial charge in [-0.2, -0.15) is 0 Å². The summed E-state index contributed by atoms with van der Waals surface area (Å²) in [6.07, 6.45) is 8.02. The lowest BCUT2D eigenvalue weighted by molar-refractivity contribution is -0.122. The summed E-state index contributed by atoms with van der Waals surface area (Å²) in [4.78, 5) is 16.4. The van der Waals surface area contributed by atoms with E-state index >= 15 is 0 Å². The van der Waals surface area contributed by atoms with Gasteiger partial charge in [-0.1, -0.05) is 44.7 Å². The Morgan fingerprint density at radius 3 is 2.83 bits per heavy atom. The van der Waals surface area contributed by atoms with Crippen molar-refractivity contribution in [3.8, 4) is 0 Å². The minimum atomic E-state index is 0.134. The van der Waals surface area contributed by atoms with Crippen LogP contribution >= 0.6 is 0 Å².